The molecule has 0 aromatic heterocycles. The zero-order chi connectivity index (χ0) is 19.7. The van der Waals surface area contributed by atoms with E-state index in [-0.39, 0.29) is 23.2 Å². The van der Waals surface area contributed by atoms with E-state index in [0.717, 1.165) is 22.3 Å². The van der Waals surface area contributed by atoms with E-state index in [1.165, 1.54) is 0 Å². The molecule has 0 radical (unpaired) electrons. The first kappa shape index (κ1) is 23.5. The van der Waals surface area contributed by atoms with Gasteiger partial charge in [0.05, 0.1) is 12.1 Å². The van der Waals surface area contributed by atoms with Crippen molar-refractivity contribution in [3.63, 3.8) is 0 Å². The monoisotopic (exact) mass is 391 g/mol. The van der Waals surface area contributed by atoms with Crippen LogP contribution in [-0.4, -0.2) is 16.3 Å². The number of benzene rings is 2. The Hall–Kier alpha value is -1.55. The van der Waals surface area contributed by atoms with Crippen LogP contribution in [0.15, 0.2) is 42.5 Å². The number of rotatable bonds is 4. The highest BCUT2D eigenvalue weighted by molar-refractivity contribution is 5.85. The smallest absolute Gasteiger partial charge is 0.123 e. The van der Waals surface area contributed by atoms with Crippen molar-refractivity contribution in [3.8, 4) is 5.75 Å². The Kier molecular flexibility index (Phi) is 7.52. The molecule has 0 saturated carbocycles. The Morgan fingerprint density at radius 2 is 1.33 bits per heavy atom. The van der Waals surface area contributed by atoms with Crippen LogP contribution in [0.2, 0.25) is 0 Å². The molecule has 2 aromatic rings. The summed E-state index contributed by atoms with van der Waals surface area (Å²) in [4.78, 5) is 0. The summed E-state index contributed by atoms with van der Waals surface area (Å²) >= 11 is 0. The third-order valence-electron chi connectivity index (χ3n) is 4.84. The van der Waals surface area contributed by atoms with Gasteiger partial charge >= 0.3 is 0 Å². The van der Waals surface area contributed by atoms with E-state index in [9.17, 15) is 10.2 Å². The second-order valence-corrected chi connectivity index (χ2v) is 9.25. The average molecular weight is 392 g/mol. The van der Waals surface area contributed by atoms with Crippen molar-refractivity contribution in [1.29, 1.82) is 0 Å². The Balaban J connectivity index is 0.00000364. The first-order chi connectivity index (χ1) is 11.9. The highest BCUT2D eigenvalue weighted by Gasteiger charge is 2.29. The number of phenolic OH excluding ortho intramolecular Hbond substituents is 1. The largest absolute Gasteiger partial charge is 0.507 e. The van der Waals surface area contributed by atoms with E-state index in [1.807, 2.05) is 42.5 Å². The molecule has 0 bridgehead atoms. The van der Waals surface area contributed by atoms with Gasteiger partial charge in [-0.2, -0.15) is 0 Å². The summed E-state index contributed by atoms with van der Waals surface area (Å²) in [6, 6.07) is 13.3. The molecule has 4 heteroatoms. The first-order valence-electron chi connectivity index (χ1n) is 9.26. The fraction of sp³-hybridized carbons (Fsp3) is 0.478. The lowest BCUT2D eigenvalue weighted by molar-refractivity contribution is 0.145. The van der Waals surface area contributed by atoms with Crippen LogP contribution >= 0.6 is 12.4 Å². The number of halogens is 1. The van der Waals surface area contributed by atoms with E-state index in [0.29, 0.717) is 12.2 Å². The van der Waals surface area contributed by atoms with E-state index in [1.54, 1.807) is 0 Å². The van der Waals surface area contributed by atoms with Crippen LogP contribution in [0.1, 0.15) is 69.8 Å². The molecule has 2 atom stereocenters. The number of aromatic hydroxyl groups is 1. The maximum absolute atomic E-state index is 10.8. The van der Waals surface area contributed by atoms with Crippen LogP contribution in [0.4, 0.5) is 0 Å². The highest BCUT2D eigenvalue weighted by atomic mass is 35.5. The number of hydrogen-bond donors (Lipinski definition) is 3. The maximum atomic E-state index is 10.8. The van der Waals surface area contributed by atoms with Crippen molar-refractivity contribution in [2.75, 3.05) is 0 Å². The molecule has 0 spiro atoms. The zero-order valence-corrected chi connectivity index (χ0v) is 18.1. The second-order valence-electron chi connectivity index (χ2n) is 9.25. The van der Waals surface area contributed by atoms with Crippen LogP contribution in [0.3, 0.4) is 0 Å². The lowest BCUT2D eigenvalue weighted by Crippen LogP contribution is -2.29. The maximum Gasteiger partial charge on any atom is 0.123 e. The lowest BCUT2D eigenvalue weighted by atomic mass is 9.77. The van der Waals surface area contributed by atoms with Crippen molar-refractivity contribution in [3.05, 3.63) is 64.7 Å². The van der Waals surface area contributed by atoms with Crippen molar-refractivity contribution in [2.45, 2.75) is 70.9 Å². The van der Waals surface area contributed by atoms with Crippen molar-refractivity contribution in [2.24, 2.45) is 5.73 Å². The minimum Gasteiger partial charge on any atom is -0.507 e. The third-order valence-corrected chi connectivity index (χ3v) is 4.84. The summed E-state index contributed by atoms with van der Waals surface area (Å²) < 4.78 is 0. The summed E-state index contributed by atoms with van der Waals surface area (Å²) in [5.74, 6) is 0.332. The van der Waals surface area contributed by atoms with Gasteiger partial charge in [0.1, 0.15) is 5.75 Å². The van der Waals surface area contributed by atoms with Crippen molar-refractivity contribution >= 4 is 12.4 Å². The summed E-state index contributed by atoms with van der Waals surface area (Å²) in [6.45, 7) is 12.4. The molecule has 27 heavy (non-hydrogen) atoms. The Labute approximate surface area is 170 Å². The molecule has 2 aromatic carbocycles. The molecular weight excluding hydrogens is 358 g/mol. The van der Waals surface area contributed by atoms with E-state index in [2.05, 4.69) is 41.5 Å². The van der Waals surface area contributed by atoms with Gasteiger partial charge in [-0.1, -0.05) is 71.9 Å². The summed E-state index contributed by atoms with van der Waals surface area (Å²) in [5.41, 5.74) is 9.64. The van der Waals surface area contributed by atoms with Gasteiger partial charge in [-0.25, -0.2) is 0 Å². The minimum absolute atomic E-state index is 0. The van der Waals surface area contributed by atoms with Gasteiger partial charge in [-0.3, -0.25) is 0 Å². The van der Waals surface area contributed by atoms with E-state index < -0.39 is 12.1 Å². The lowest BCUT2D eigenvalue weighted by Gasteiger charge is -2.30. The fourth-order valence-corrected chi connectivity index (χ4v) is 3.20. The van der Waals surface area contributed by atoms with Crippen LogP contribution in [-0.2, 0) is 17.3 Å². The predicted molar refractivity (Wildman–Crippen MR) is 116 cm³/mol. The molecule has 0 unspecified atom stereocenters. The Morgan fingerprint density at radius 1 is 0.889 bits per heavy atom. The van der Waals surface area contributed by atoms with Gasteiger partial charge in [0, 0.05) is 6.42 Å². The van der Waals surface area contributed by atoms with Gasteiger partial charge < -0.3 is 15.9 Å². The standard InChI is InChI=1S/C23H33NO2.ClH/c1-22(2,3)17-13-16(14-18(21(17)26)23(4,5)6)20(24)19(25)12-15-10-8-7-9-11-15;/h7-11,13-14,19-20,25-26H,12,24H2,1-6H3;1H/t19-,20+;/m1./s1. The third kappa shape index (κ3) is 5.71. The van der Waals surface area contributed by atoms with Gasteiger partial charge in [0.25, 0.3) is 0 Å². The van der Waals surface area contributed by atoms with Gasteiger partial charge in [-0.05, 0) is 45.2 Å². The van der Waals surface area contributed by atoms with Crippen molar-refractivity contribution < 1.29 is 10.2 Å². The summed E-state index contributed by atoms with van der Waals surface area (Å²) in [5, 5.41) is 21.5. The molecule has 150 valence electrons. The second kappa shape index (κ2) is 8.64. The number of aliphatic hydroxyl groups excluding tert-OH is 1. The molecule has 0 aliphatic rings. The predicted octanol–water partition coefficient (Wildman–Crippen LogP) is 5.01. The Bertz CT molecular complexity index is 710. The molecule has 0 aliphatic carbocycles. The van der Waals surface area contributed by atoms with Crippen LogP contribution in [0, 0.1) is 0 Å². The van der Waals surface area contributed by atoms with Crippen LogP contribution < -0.4 is 5.73 Å². The molecule has 0 heterocycles. The van der Waals surface area contributed by atoms with Gasteiger partial charge in [0.2, 0.25) is 0 Å². The fourth-order valence-electron chi connectivity index (χ4n) is 3.20. The Morgan fingerprint density at radius 3 is 1.74 bits per heavy atom. The normalized spacial score (nSPS) is 14.4. The minimum atomic E-state index is -0.692. The topological polar surface area (TPSA) is 66.5 Å². The van der Waals surface area contributed by atoms with E-state index in [4.69, 9.17) is 5.73 Å². The van der Waals surface area contributed by atoms with Crippen LogP contribution in [0.5, 0.6) is 5.75 Å². The molecule has 0 saturated heterocycles. The highest BCUT2D eigenvalue weighted by Crippen LogP contribution is 2.41. The summed E-state index contributed by atoms with van der Waals surface area (Å²) in [6.07, 6.45) is -0.193. The zero-order valence-electron chi connectivity index (χ0n) is 17.3. The van der Waals surface area contributed by atoms with Crippen molar-refractivity contribution in [1.82, 2.24) is 0 Å². The molecule has 3 nitrogen and oxygen atoms in total. The number of aliphatic hydroxyl groups is 1. The number of phenols is 1. The first-order valence-corrected chi connectivity index (χ1v) is 9.26. The number of nitrogens with two attached hydrogens (primary N) is 1. The summed E-state index contributed by atoms with van der Waals surface area (Å²) in [7, 11) is 0. The molecule has 2 rings (SSSR count). The quantitative estimate of drug-likeness (QED) is 0.686. The molecule has 0 amide bonds. The molecular formula is C23H34ClNO2. The molecule has 0 aliphatic heterocycles. The SMILES string of the molecule is CC(C)(C)c1cc([C@H](N)[C@H](O)Cc2ccccc2)cc(C(C)(C)C)c1O.Cl. The van der Waals surface area contributed by atoms with E-state index >= 15 is 0 Å². The van der Waals surface area contributed by atoms with Gasteiger partial charge in [0.15, 0.2) is 0 Å². The molecule has 0 fully saturated rings. The number of hydrogen-bond acceptors (Lipinski definition) is 3. The average Bonchev–Trinajstić information content (AvgIpc) is 2.53. The van der Waals surface area contributed by atoms with Gasteiger partial charge in [-0.15, -0.1) is 12.4 Å². The van der Waals surface area contributed by atoms with Crippen LogP contribution in [0.25, 0.3) is 0 Å². The molecule has 4 N–H and O–H groups in total.